The number of carboxylic acids is 1. The number of hydrogen-bond acceptors (Lipinski definition) is 2. The number of aliphatic carboxylic acids is 1. The van der Waals surface area contributed by atoms with E-state index in [2.05, 4.69) is 11.6 Å². The van der Waals surface area contributed by atoms with Gasteiger partial charge in [-0.05, 0) is 0 Å². The van der Waals surface area contributed by atoms with E-state index in [9.17, 15) is 4.79 Å². The van der Waals surface area contributed by atoms with Crippen molar-refractivity contribution >= 4 is 23.1 Å². The molecule has 0 bridgehead atoms. The maximum atomic E-state index is 10.5. The molecule has 64 valence electrons. The summed E-state index contributed by atoms with van der Waals surface area (Å²) in [6.07, 6.45) is 1.44. The van der Waals surface area contributed by atoms with Gasteiger partial charge in [0.1, 0.15) is 0 Å². The lowest BCUT2D eigenvalue weighted by Gasteiger charge is -2.00. The van der Waals surface area contributed by atoms with Gasteiger partial charge in [0, 0.05) is 7.05 Å². The number of rotatable bonds is 2. The average molecular weight is 187 g/mol. The lowest BCUT2D eigenvalue weighted by Crippen LogP contribution is -2.03. The topological polar surface area (TPSA) is 55.1 Å². The molecule has 1 N–H and O–H groups in total. The zero-order chi connectivity index (χ0) is 9.30. The highest BCUT2D eigenvalue weighted by molar-refractivity contribution is 6.32. The van der Waals surface area contributed by atoms with Crippen molar-refractivity contribution in [3.8, 4) is 0 Å². The van der Waals surface area contributed by atoms with Gasteiger partial charge in [0.2, 0.25) is 0 Å². The molecular weight excluding hydrogens is 180 g/mol. The van der Waals surface area contributed by atoms with Gasteiger partial charge >= 0.3 is 5.97 Å². The molecule has 0 unspecified atom stereocenters. The van der Waals surface area contributed by atoms with Crippen molar-refractivity contribution in [3.63, 3.8) is 0 Å². The van der Waals surface area contributed by atoms with E-state index in [4.69, 9.17) is 16.7 Å². The van der Waals surface area contributed by atoms with Crippen LogP contribution < -0.4 is 0 Å². The Labute approximate surface area is 74.1 Å². The van der Waals surface area contributed by atoms with Crippen LogP contribution in [0.2, 0.25) is 5.15 Å². The summed E-state index contributed by atoms with van der Waals surface area (Å²) in [6.45, 7) is 3.37. The van der Waals surface area contributed by atoms with Crippen molar-refractivity contribution in [2.24, 2.45) is 7.05 Å². The summed E-state index contributed by atoms with van der Waals surface area (Å²) in [5.74, 6) is -1.10. The van der Waals surface area contributed by atoms with Crippen LogP contribution in [0, 0.1) is 0 Å². The third-order valence-electron chi connectivity index (χ3n) is 1.44. The monoisotopic (exact) mass is 186 g/mol. The minimum atomic E-state index is -1.10. The van der Waals surface area contributed by atoms with Crippen LogP contribution in [0.4, 0.5) is 0 Å². The molecule has 1 aromatic rings. The molecule has 0 radical (unpaired) electrons. The first-order chi connectivity index (χ1) is 5.54. The van der Waals surface area contributed by atoms with Gasteiger partial charge < -0.3 is 9.67 Å². The Bertz CT molecular complexity index is 324. The van der Waals surface area contributed by atoms with Crippen LogP contribution in [0.25, 0.3) is 5.57 Å². The second-order valence-electron chi connectivity index (χ2n) is 2.28. The molecule has 0 atom stereocenters. The highest BCUT2D eigenvalue weighted by Crippen LogP contribution is 2.20. The molecule has 4 nitrogen and oxygen atoms in total. The maximum absolute atomic E-state index is 10.5. The van der Waals surface area contributed by atoms with E-state index in [1.165, 1.54) is 10.9 Å². The van der Waals surface area contributed by atoms with Crippen LogP contribution >= 0.6 is 11.6 Å². The van der Waals surface area contributed by atoms with E-state index in [1.54, 1.807) is 7.05 Å². The number of carbonyl (C=O) groups is 1. The Kier molecular flexibility index (Phi) is 2.19. The van der Waals surface area contributed by atoms with Gasteiger partial charge in [-0.1, -0.05) is 18.2 Å². The second kappa shape index (κ2) is 2.98. The molecule has 1 aromatic heterocycles. The predicted octanol–water partition coefficient (Wildman–Crippen LogP) is 1.17. The third-order valence-corrected chi connectivity index (χ3v) is 1.71. The zero-order valence-electron chi connectivity index (χ0n) is 6.41. The molecule has 0 fully saturated rings. The van der Waals surface area contributed by atoms with Crippen LogP contribution in [0.3, 0.4) is 0 Å². The van der Waals surface area contributed by atoms with Gasteiger partial charge in [-0.2, -0.15) is 0 Å². The molecule has 0 aromatic carbocycles. The fourth-order valence-electron chi connectivity index (χ4n) is 0.840. The Morgan fingerprint density at radius 3 is 2.75 bits per heavy atom. The standard InChI is InChI=1S/C7H7ClN2O2/c1-4(7(11)12)5-6(8)9-3-10(5)2/h3H,1H2,2H3,(H,11,12). The Hall–Kier alpha value is -1.29. The van der Waals surface area contributed by atoms with Crippen molar-refractivity contribution in [2.75, 3.05) is 0 Å². The third kappa shape index (κ3) is 1.33. The molecule has 0 spiro atoms. The summed E-state index contributed by atoms with van der Waals surface area (Å²) < 4.78 is 1.51. The molecule has 0 aliphatic carbocycles. The Morgan fingerprint density at radius 2 is 2.42 bits per heavy atom. The molecule has 0 aliphatic heterocycles. The van der Waals surface area contributed by atoms with E-state index in [0.29, 0.717) is 5.69 Å². The van der Waals surface area contributed by atoms with Crippen LogP contribution in [-0.4, -0.2) is 20.6 Å². The molecule has 5 heteroatoms. The summed E-state index contributed by atoms with van der Waals surface area (Å²) in [5.41, 5.74) is 0.282. The number of halogens is 1. The molecule has 0 saturated carbocycles. The highest BCUT2D eigenvalue weighted by atomic mass is 35.5. The van der Waals surface area contributed by atoms with Crippen LogP contribution in [0.15, 0.2) is 12.9 Å². The van der Waals surface area contributed by atoms with Crippen molar-refractivity contribution in [2.45, 2.75) is 0 Å². The normalized spacial score (nSPS) is 9.83. The summed E-state index contributed by atoms with van der Waals surface area (Å²) >= 11 is 5.63. The number of carboxylic acid groups (broad SMARTS) is 1. The Balaban J connectivity index is 3.18. The van der Waals surface area contributed by atoms with Gasteiger partial charge in [0.25, 0.3) is 0 Å². The molecule has 1 heterocycles. The highest BCUT2D eigenvalue weighted by Gasteiger charge is 2.15. The summed E-state index contributed by atoms with van der Waals surface area (Å²) in [5, 5.41) is 8.76. The summed E-state index contributed by atoms with van der Waals surface area (Å²) in [6, 6.07) is 0. The quantitative estimate of drug-likeness (QED) is 0.706. The van der Waals surface area contributed by atoms with Crippen LogP contribution in [-0.2, 0) is 11.8 Å². The van der Waals surface area contributed by atoms with Gasteiger partial charge in [-0.15, -0.1) is 0 Å². The molecule has 1 rings (SSSR count). The van der Waals surface area contributed by atoms with Crippen molar-refractivity contribution in [1.82, 2.24) is 9.55 Å². The molecule has 0 amide bonds. The first kappa shape index (κ1) is 8.80. The van der Waals surface area contributed by atoms with Crippen LogP contribution in [0.1, 0.15) is 5.69 Å². The fraction of sp³-hybridized carbons (Fsp3) is 0.143. The van der Waals surface area contributed by atoms with E-state index < -0.39 is 5.97 Å². The minimum absolute atomic E-state index is 0.0556. The predicted molar refractivity (Wildman–Crippen MR) is 44.9 cm³/mol. The SMILES string of the molecule is C=C(C(=O)O)c1c(Cl)ncn1C. The molecule has 12 heavy (non-hydrogen) atoms. The van der Waals surface area contributed by atoms with Gasteiger partial charge in [0.15, 0.2) is 5.15 Å². The number of hydrogen-bond donors (Lipinski definition) is 1. The van der Waals surface area contributed by atoms with E-state index in [1.807, 2.05) is 0 Å². The minimum Gasteiger partial charge on any atom is -0.478 e. The lowest BCUT2D eigenvalue weighted by atomic mass is 10.2. The largest absolute Gasteiger partial charge is 0.478 e. The fourth-order valence-corrected chi connectivity index (χ4v) is 1.13. The van der Waals surface area contributed by atoms with E-state index >= 15 is 0 Å². The molecule has 0 aliphatic rings. The maximum Gasteiger partial charge on any atom is 0.337 e. The number of nitrogens with zero attached hydrogens (tertiary/aromatic N) is 2. The summed E-state index contributed by atoms with van der Waals surface area (Å²) in [4.78, 5) is 14.2. The zero-order valence-corrected chi connectivity index (χ0v) is 7.17. The average Bonchev–Trinajstić information content (AvgIpc) is 2.30. The van der Waals surface area contributed by atoms with Crippen molar-refractivity contribution in [3.05, 3.63) is 23.8 Å². The second-order valence-corrected chi connectivity index (χ2v) is 2.64. The number of aromatic nitrogens is 2. The smallest absolute Gasteiger partial charge is 0.337 e. The van der Waals surface area contributed by atoms with Gasteiger partial charge in [-0.3, -0.25) is 0 Å². The summed E-state index contributed by atoms with van der Waals surface area (Å²) in [7, 11) is 1.66. The first-order valence-corrected chi connectivity index (χ1v) is 3.51. The van der Waals surface area contributed by atoms with Gasteiger partial charge in [0.05, 0.1) is 17.6 Å². The number of imidazole rings is 1. The van der Waals surface area contributed by atoms with E-state index in [-0.39, 0.29) is 10.7 Å². The Morgan fingerprint density at radius 1 is 1.83 bits per heavy atom. The number of aryl methyl sites for hydroxylation is 1. The molecule has 0 saturated heterocycles. The van der Waals surface area contributed by atoms with Crippen molar-refractivity contribution in [1.29, 1.82) is 0 Å². The first-order valence-electron chi connectivity index (χ1n) is 3.13. The van der Waals surface area contributed by atoms with Crippen LogP contribution in [0.5, 0.6) is 0 Å². The van der Waals surface area contributed by atoms with E-state index in [0.717, 1.165) is 0 Å². The van der Waals surface area contributed by atoms with Crippen molar-refractivity contribution < 1.29 is 9.90 Å². The molecular formula is C7H7ClN2O2. The lowest BCUT2D eigenvalue weighted by molar-refractivity contribution is -0.130. The van der Waals surface area contributed by atoms with Gasteiger partial charge in [-0.25, -0.2) is 9.78 Å².